The van der Waals surface area contributed by atoms with Crippen LogP contribution in [0.15, 0.2) is 45.5 Å². The number of benzene rings is 1. The van der Waals surface area contributed by atoms with Crippen LogP contribution in [0.1, 0.15) is 16.1 Å². The summed E-state index contributed by atoms with van der Waals surface area (Å²) in [5.74, 6) is 0.257. The lowest BCUT2D eigenvalue weighted by atomic mass is 10.2. The molecule has 7 heteroatoms. The number of aryl methyl sites for hydroxylation is 1. The Morgan fingerprint density at radius 3 is 2.68 bits per heavy atom. The van der Waals surface area contributed by atoms with Gasteiger partial charge in [-0.3, -0.25) is 9.59 Å². The van der Waals surface area contributed by atoms with Gasteiger partial charge in [-0.05, 0) is 52.7 Å². The van der Waals surface area contributed by atoms with Gasteiger partial charge in [-0.2, -0.15) is 0 Å². The Morgan fingerprint density at radius 2 is 2.04 bits per heavy atom. The van der Waals surface area contributed by atoms with Crippen molar-refractivity contribution >= 4 is 33.4 Å². The number of rotatable bonds is 4. The molecule has 0 radical (unpaired) electrons. The second-order valence-corrected chi connectivity index (χ2v) is 7.08. The maximum Gasteiger partial charge on any atom is 0.289 e. The number of nitrogens with one attached hydrogen (secondary N) is 2. The van der Waals surface area contributed by atoms with Crippen molar-refractivity contribution in [1.82, 2.24) is 4.90 Å². The van der Waals surface area contributed by atoms with Gasteiger partial charge in [-0.15, -0.1) is 0 Å². The lowest BCUT2D eigenvalue weighted by molar-refractivity contribution is -0.895. The number of piperazine rings is 1. The van der Waals surface area contributed by atoms with Crippen LogP contribution in [-0.2, 0) is 4.79 Å². The summed E-state index contributed by atoms with van der Waals surface area (Å²) < 4.78 is 6.04. The summed E-state index contributed by atoms with van der Waals surface area (Å²) >= 11 is 3.47. The lowest BCUT2D eigenvalue weighted by Gasteiger charge is -2.31. The molecule has 2 N–H and O–H groups in total. The summed E-state index contributed by atoms with van der Waals surface area (Å²) in [7, 11) is 0. The van der Waals surface area contributed by atoms with Crippen LogP contribution in [-0.4, -0.2) is 49.4 Å². The van der Waals surface area contributed by atoms with Gasteiger partial charge in [-0.1, -0.05) is 6.07 Å². The van der Waals surface area contributed by atoms with E-state index < -0.39 is 0 Å². The summed E-state index contributed by atoms with van der Waals surface area (Å²) in [6, 6.07) is 9.22. The molecule has 25 heavy (non-hydrogen) atoms. The van der Waals surface area contributed by atoms with Gasteiger partial charge >= 0.3 is 0 Å². The van der Waals surface area contributed by atoms with Crippen molar-refractivity contribution in [3.8, 4) is 0 Å². The molecule has 0 saturated carbocycles. The van der Waals surface area contributed by atoms with Gasteiger partial charge in [-0.25, -0.2) is 0 Å². The highest BCUT2D eigenvalue weighted by Gasteiger charge is 2.27. The molecule has 1 saturated heterocycles. The Balaban J connectivity index is 1.48. The Bertz CT molecular complexity index is 753. The molecule has 0 aliphatic carbocycles. The quantitative estimate of drug-likeness (QED) is 0.804. The van der Waals surface area contributed by atoms with Gasteiger partial charge in [0.25, 0.3) is 11.8 Å². The van der Waals surface area contributed by atoms with Crippen LogP contribution in [0.25, 0.3) is 0 Å². The number of hydrogen-bond donors (Lipinski definition) is 2. The van der Waals surface area contributed by atoms with E-state index in [1.807, 2.05) is 25.1 Å². The minimum absolute atomic E-state index is 0.0228. The first-order valence-corrected chi connectivity index (χ1v) is 9.04. The smallest absolute Gasteiger partial charge is 0.289 e. The van der Waals surface area contributed by atoms with E-state index in [2.05, 4.69) is 21.2 Å². The summed E-state index contributed by atoms with van der Waals surface area (Å²) in [4.78, 5) is 27.5. The molecular formula is C18H21BrN3O3+. The fourth-order valence-electron chi connectivity index (χ4n) is 2.90. The van der Waals surface area contributed by atoms with Crippen LogP contribution >= 0.6 is 15.9 Å². The Morgan fingerprint density at radius 1 is 1.28 bits per heavy atom. The monoisotopic (exact) mass is 406 g/mol. The lowest BCUT2D eigenvalue weighted by Crippen LogP contribution is -3.15. The molecule has 1 aliphatic rings. The van der Waals surface area contributed by atoms with E-state index >= 15 is 0 Å². The van der Waals surface area contributed by atoms with Crippen molar-refractivity contribution in [2.24, 2.45) is 0 Å². The van der Waals surface area contributed by atoms with E-state index in [9.17, 15) is 9.59 Å². The third-order valence-corrected chi connectivity index (χ3v) is 4.96. The van der Waals surface area contributed by atoms with Crippen molar-refractivity contribution in [3.05, 3.63) is 52.4 Å². The van der Waals surface area contributed by atoms with Crippen molar-refractivity contribution in [2.45, 2.75) is 6.92 Å². The van der Waals surface area contributed by atoms with Gasteiger partial charge in [0.15, 0.2) is 12.3 Å². The Hall–Kier alpha value is -2.12. The van der Waals surface area contributed by atoms with Gasteiger partial charge in [0.05, 0.1) is 38.1 Å². The minimum Gasteiger partial charge on any atom is -0.459 e. The zero-order valence-electron chi connectivity index (χ0n) is 14.0. The molecule has 1 aromatic heterocycles. The number of carbonyl (C=O) groups excluding carboxylic acids is 2. The predicted octanol–water partition coefficient (Wildman–Crippen LogP) is 1.33. The fourth-order valence-corrected chi connectivity index (χ4v) is 3.49. The topological polar surface area (TPSA) is 67.0 Å². The largest absolute Gasteiger partial charge is 0.459 e. The second-order valence-electron chi connectivity index (χ2n) is 6.23. The number of nitrogens with zero attached hydrogens (tertiary/aromatic N) is 1. The summed E-state index contributed by atoms with van der Waals surface area (Å²) in [6.45, 7) is 5.13. The third-order valence-electron chi connectivity index (χ3n) is 4.30. The first-order valence-electron chi connectivity index (χ1n) is 8.25. The van der Waals surface area contributed by atoms with Crippen molar-refractivity contribution < 1.29 is 18.9 Å². The van der Waals surface area contributed by atoms with E-state index in [4.69, 9.17) is 4.42 Å². The molecule has 3 rings (SSSR count). The highest BCUT2D eigenvalue weighted by molar-refractivity contribution is 9.10. The summed E-state index contributed by atoms with van der Waals surface area (Å²) in [6.07, 6.45) is 1.50. The van der Waals surface area contributed by atoms with E-state index in [0.717, 1.165) is 28.8 Å². The summed E-state index contributed by atoms with van der Waals surface area (Å²) in [5, 5.41) is 2.94. The van der Waals surface area contributed by atoms with Crippen molar-refractivity contribution in [1.29, 1.82) is 0 Å². The van der Waals surface area contributed by atoms with E-state index in [1.54, 1.807) is 17.0 Å². The number of furan rings is 1. The molecule has 0 bridgehead atoms. The average molecular weight is 407 g/mol. The van der Waals surface area contributed by atoms with E-state index in [0.29, 0.717) is 25.4 Å². The van der Waals surface area contributed by atoms with Crippen molar-refractivity contribution in [3.63, 3.8) is 0 Å². The molecule has 1 aliphatic heterocycles. The number of amides is 2. The van der Waals surface area contributed by atoms with Crippen LogP contribution in [0, 0.1) is 6.92 Å². The Labute approximate surface area is 154 Å². The number of hydrogen-bond acceptors (Lipinski definition) is 3. The predicted molar refractivity (Wildman–Crippen MR) is 97.7 cm³/mol. The van der Waals surface area contributed by atoms with Crippen molar-refractivity contribution in [2.75, 3.05) is 38.0 Å². The first kappa shape index (κ1) is 17.7. The van der Waals surface area contributed by atoms with Crippen LogP contribution in [0.2, 0.25) is 0 Å². The zero-order chi connectivity index (χ0) is 17.8. The molecule has 0 spiro atoms. The standard InChI is InChI=1S/C18H20BrN3O3/c1-13-4-5-15(14(19)11-13)20-17(23)12-21-6-8-22(9-7-21)18(24)16-3-2-10-25-16/h2-5,10-11H,6-9,12H2,1H3,(H,20,23)/p+1. The zero-order valence-corrected chi connectivity index (χ0v) is 15.6. The molecule has 132 valence electrons. The highest BCUT2D eigenvalue weighted by atomic mass is 79.9. The maximum absolute atomic E-state index is 12.3. The molecule has 1 aromatic carbocycles. The normalized spacial score (nSPS) is 15.2. The molecule has 2 amide bonds. The van der Waals surface area contributed by atoms with Gasteiger partial charge in [0, 0.05) is 4.47 Å². The number of quaternary nitrogens is 1. The molecule has 0 atom stereocenters. The maximum atomic E-state index is 12.3. The number of carbonyl (C=O) groups is 2. The third kappa shape index (κ3) is 4.49. The Kier molecular flexibility index (Phi) is 5.55. The minimum atomic E-state index is -0.0860. The van der Waals surface area contributed by atoms with E-state index in [-0.39, 0.29) is 11.8 Å². The summed E-state index contributed by atoms with van der Waals surface area (Å²) in [5.41, 5.74) is 1.91. The van der Waals surface area contributed by atoms with Gasteiger partial charge in [0.2, 0.25) is 0 Å². The second kappa shape index (κ2) is 7.84. The highest BCUT2D eigenvalue weighted by Crippen LogP contribution is 2.23. The molecule has 6 nitrogen and oxygen atoms in total. The first-order chi connectivity index (χ1) is 12.0. The van der Waals surface area contributed by atoms with Crippen LogP contribution < -0.4 is 10.2 Å². The van der Waals surface area contributed by atoms with Crippen LogP contribution in [0.4, 0.5) is 5.69 Å². The van der Waals surface area contributed by atoms with Gasteiger partial charge in [0.1, 0.15) is 0 Å². The molecule has 0 unspecified atom stereocenters. The molecule has 1 fully saturated rings. The SMILES string of the molecule is Cc1ccc(NC(=O)C[NH+]2CCN(C(=O)c3ccco3)CC2)c(Br)c1. The number of anilines is 1. The van der Waals surface area contributed by atoms with Crippen LogP contribution in [0.3, 0.4) is 0 Å². The molecule has 2 aromatic rings. The van der Waals surface area contributed by atoms with E-state index in [1.165, 1.54) is 11.2 Å². The number of halogens is 1. The average Bonchev–Trinajstić information content (AvgIpc) is 3.12. The van der Waals surface area contributed by atoms with Gasteiger partial charge < -0.3 is 19.5 Å². The molecular weight excluding hydrogens is 386 g/mol. The molecule has 2 heterocycles. The fraction of sp³-hybridized carbons (Fsp3) is 0.333. The van der Waals surface area contributed by atoms with Crippen LogP contribution in [0.5, 0.6) is 0 Å².